The van der Waals surface area contributed by atoms with Gasteiger partial charge in [0.2, 0.25) is 5.78 Å². The van der Waals surface area contributed by atoms with Crippen molar-refractivity contribution in [3.8, 4) is 11.1 Å². The third-order valence-electron chi connectivity index (χ3n) is 4.47. The van der Waals surface area contributed by atoms with Gasteiger partial charge >= 0.3 is 5.97 Å². The number of hydrogen-bond acceptors (Lipinski definition) is 5. The molecular weight excluding hydrogens is 396 g/mol. The zero-order valence-corrected chi connectivity index (χ0v) is 17.5. The molecule has 0 aliphatic rings. The third kappa shape index (κ3) is 5.91. The summed E-state index contributed by atoms with van der Waals surface area (Å²) in [6, 6.07) is 25.6. The summed E-state index contributed by atoms with van der Waals surface area (Å²) in [5.41, 5.74) is 3.70. The van der Waals surface area contributed by atoms with Crippen molar-refractivity contribution in [2.75, 3.05) is 6.61 Å². The highest BCUT2D eigenvalue weighted by Crippen LogP contribution is 2.27. The Balaban J connectivity index is 1.59. The molecule has 0 fully saturated rings. The van der Waals surface area contributed by atoms with Crippen molar-refractivity contribution in [3.63, 3.8) is 0 Å². The van der Waals surface area contributed by atoms with Crippen molar-refractivity contribution in [1.82, 2.24) is 0 Å². The van der Waals surface area contributed by atoms with Gasteiger partial charge in [0.15, 0.2) is 5.78 Å². The standard InChI is InChI=1S/C25H22O4S/c1-2-29-25(28)24(27)16-23(26)21-10-8-19(9-11-21)20-12-14-22(15-13-20)30-17-18-6-4-3-5-7-18/h3-15H,2,16-17H2,1H3. The second-order valence-electron chi connectivity index (χ2n) is 6.62. The molecule has 0 aliphatic heterocycles. The van der Waals surface area contributed by atoms with Gasteiger partial charge in [-0.25, -0.2) is 4.79 Å². The maximum Gasteiger partial charge on any atom is 0.375 e. The van der Waals surface area contributed by atoms with Gasteiger partial charge in [0.05, 0.1) is 13.0 Å². The van der Waals surface area contributed by atoms with Gasteiger partial charge in [-0.15, -0.1) is 11.8 Å². The lowest BCUT2D eigenvalue weighted by Gasteiger charge is -2.06. The van der Waals surface area contributed by atoms with Gasteiger partial charge in [-0.1, -0.05) is 66.7 Å². The van der Waals surface area contributed by atoms with Crippen molar-refractivity contribution in [2.45, 2.75) is 24.0 Å². The van der Waals surface area contributed by atoms with Crippen molar-refractivity contribution >= 4 is 29.3 Å². The van der Waals surface area contributed by atoms with Gasteiger partial charge in [0, 0.05) is 16.2 Å². The summed E-state index contributed by atoms with van der Waals surface area (Å²) in [6.45, 7) is 1.72. The molecule has 0 radical (unpaired) electrons. The molecule has 0 amide bonds. The summed E-state index contributed by atoms with van der Waals surface area (Å²) in [4.78, 5) is 36.5. The first-order chi connectivity index (χ1) is 14.6. The van der Waals surface area contributed by atoms with Gasteiger partial charge in [0.1, 0.15) is 0 Å². The average Bonchev–Trinajstić information content (AvgIpc) is 2.79. The van der Waals surface area contributed by atoms with E-state index in [1.165, 1.54) is 10.5 Å². The number of esters is 1. The van der Waals surface area contributed by atoms with Gasteiger partial charge in [0.25, 0.3) is 0 Å². The van der Waals surface area contributed by atoms with E-state index in [4.69, 9.17) is 0 Å². The molecule has 0 aromatic heterocycles. The Bertz CT molecular complexity index is 1010. The molecule has 0 heterocycles. The SMILES string of the molecule is CCOC(=O)C(=O)CC(=O)c1ccc(-c2ccc(SCc3ccccc3)cc2)cc1. The Morgan fingerprint density at radius 2 is 1.40 bits per heavy atom. The second-order valence-corrected chi connectivity index (χ2v) is 7.67. The highest BCUT2D eigenvalue weighted by molar-refractivity contribution is 7.98. The van der Waals surface area contributed by atoms with E-state index in [0.29, 0.717) is 5.56 Å². The fourth-order valence-corrected chi connectivity index (χ4v) is 3.72. The van der Waals surface area contributed by atoms with Crippen LogP contribution in [0.2, 0.25) is 0 Å². The molecule has 0 bridgehead atoms. The molecule has 152 valence electrons. The van der Waals surface area contributed by atoms with Crippen LogP contribution < -0.4 is 0 Å². The number of hydrogen-bond donors (Lipinski definition) is 0. The summed E-state index contributed by atoms with van der Waals surface area (Å²) in [7, 11) is 0. The minimum absolute atomic E-state index is 0.108. The Morgan fingerprint density at radius 1 is 0.800 bits per heavy atom. The highest BCUT2D eigenvalue weighted by atomic mass is 32.2. The Labute approximate surface area is 180 Å². The van der Waals surface area contributed by atoms with E-state index in [9.17, 15) is 14.4 Å². The minimum atomic E-state index is -0.965. The number of carbonyl (C=O) groups is 3. The van der Waals surface area contributed by atoms with E-state index < -0.39 is 24.0 Å². The van der Waals surface area contributed by atoms with Crippen LogP contribution in [0.3, 0.4) is 0 Å². The van der Waals surface area contributed by atoms with Crippen LogP contribution in [0.1, 0.15) is 29.3 Å². The number of carbonyl (C=O) groups excluding carboxylic acids is 3. The van der Waals surface area contributed by atoms with Crippen LogP contribution in [0.5, 0.6) is 0 Å². The van der Waals surface area contributed by atoms with Gasteiger partial charge in [-0.05, 0) is 35.7 Å². The molecule has 3 aromatic rings. The summed E-state index contributed by atoms with van der Waals surface area (Å²) in [5.74, 6) is -1.27. The monoisotopic (exact) mass is 418 g/mol. The zero-order chi connectivity index (χ0) is 21.3. The molecule has 0 unspecified atom stereocenters. The first-order valence-electron chi connectivity index (χ1n) is 9.67. The number of ether oxygens (including phenoxy) is 1. The van der Waals surface area contributed by atoms with Crippen LogP contribution >= 0.6 is 11.8 Å². The molecule has 4 nitrogen and oxygen atoms in total. The first kappa shape index (κ1) is 21.5. The van der Waals surface area contributed by atoms with Gasteiger partial charge < -0.3 is 4.74 Å². The molecule has 5 heteroatoms. The predicted molar refractivity (Wildman–Crippen MR) is 118 cm³/mol. The maximum absolute atomic E-state index is 12.2. The van der Waals surface area contributed by atoms with E-state index in [-0.39, 0.29) is 6.61 Å². The number of Topliss-reactive ketones (excluding diaryl/α,β-unsaturated/α-hetero) is 2. The van der Waals surface area contributed by atoms with E-state index in [1.807, 2.05) is 30.3 Å². The van der Waals surface area contributed by atoms with Crippen LogP contribution in [-0.4, -0.2) is 24.1 Å². The molecule has 0 N–H and O–H groups in total. The summed E-state index contributed by atoms with van der Waals surface area (Å²) in [6.07, 6.45) is -0.481. The summed E-state index contributed by atoms with van der Waals surface area (Å²) in [5, 5.41) is 0. The largest absolute Gasteiger partial charge is 0.460 e. The molecule has 0 saturated heterocycles. The van der Waals surface area contributed by atoms with Crippen molar-refractivity contribution in [2.24, 2.45) is 0 Å². The quantitative estimate of drug-likeness (QED) is 0.154. The second kappa shape index (κ2) is 10.6. The molecule has 0 saturated carbocycles. The van der Waals surface area contributed by atoms with E-state index in [2.05, 4.69) is 41.1 Å². The molecular formula is C25H22O4S. The van der Waals surface area contributed by atoms with Crippen LogP contribution in [0, 0.1) is 0 Å². The normalized spacial score (nSPS) is 10.4. The van der Waals surface area contributed by atoms with Gasteiger partial charge in [-0.3, -0.25) is 9.59 Å². The molecule has 0 aliphatic carbocycles. The molecule has 0 atom stereocenters. The van der Waals surface area contributed by atoms with Gasteiger partial charge in [-0.2, -0.15) is 0 Å². The first-order valence-corrected chi connectivity index (χ1v) is 10.7. The average molecular weight is 419 g/mol. The lowest BCUT2D eigenvalue weighted by Crippen LogP contribution is -2.20. The third-order valence-corrected chi connectivity index (χ3v) is 5.55. The molecule has 0 spiro atoms. The van der Waals surface area contributed by atoms with E-state index in [1.54, 1.807) is 30.8 Å². The summed E-state index contributed by atoms with van der Waals surface area (Å²) >= 11 is 1.78. The van der Waals surface area contributed by atoms with Crippen molar-refractivity contribution < 1.29 is 19.1 Å². The van der Waals surface area contributed by atoms with Crippen molar-refractivity contribution in [3.05, 3.63) is 90.0 Å². The van der Waals surface area contributed by atoms with Crippen LogP contribution in [0.4, 0.5) is 0 Å². The Morgan fingerprint density at radius 3 is 2.00 bits per heavy atom. The molecule has 3 aromatic carbocycles. The number of thioether (sulfide) groups is 1. The van der Waals surface area contributed by atoms with E-state index in [0.717, 1.165) is 16.9 Å². The highest BCUT2D eigenvalue weighted by Gasteiger charge is 2.19. The molecule has 30 heavy (non-hydrogen) atoms. The minimum Gasteiger partial charge on any atom is -0.460 e. The zero-order valence-electron chi connectivity index (χ0n) is 16.7. The van der Waals surface area contributed by atoms with E-state index >= 15 is 0 Å². The maximum atomic E-state index is 12.2. The number of rotatable bonds is 9. The van der Waals surface area contributed by atoms with Crippen LogP contribution in [0.25, 0.3) is 11.1 Å². The fourth-order valence-electron chi connectivity index (χ4n) is 2.86. The van der Waals surface area contributed by atoms with Crippen LogP contribution in [-0.2, 0) is 20.1 Å². The van der Waals surface area contributed by atoms with Crippen LogP contribution in [0.15, 0.2) is 83.8 Å². The lowest BCUT2D eigenvalue weighted by molar-refractivity contribution is -0.153. The number of ketones is 2. The predicted octanol–water partition coefficient (Wildman–Crippen LogP) is 5.35. The fraction of sp³-hybridized carbons (Fsp3) is 0.160. The Hall–Kier alpha value is -3.18. The number of benzene rings is 3. The molecule has 3 rings (SSSR count). The van der Waals surface area contributed by atoms with Crippen molar-refractivity contribution in [1.29, 1.82) is 0 Å². The Kier molecular flexibility index (Phi) is 7.57. The summed E-state index contributed by atoms with van der Waals surface area (Å²) < 4.78 is 4.63. The lowest BCUT2D eigenvalue weighted by atomic mass is 10.0. The topological polar surface area (TPSA) is 60.4 Å². The smallest absolute Gasteiger partial charge is 0.375 e.